The lowest BCUT2D eigenvalue weighted by Gasteiger charge is -2.35. The molecule has 1 amide bonds. The second-order valence-electron chi connectivity index (χ2n) is 7.61. The minimum absolute atomic E-state index is 0.152. The van der Waals surface area contributed by atoms with Crippen LogP contribution in [0.5, 0.6) is 0 Å². The number of benzene rings is 2. The van der Waals surface area contributed by atoms with Crippen LogP contribution in [0.3, 0.4) is 0 Å². The summed E-state index contributed by atoms with van der Waals surface area (Å²) in [6.45, 7) is 3.00. The van der Waals surface area contributed by atoms with Gasteiger partial charge in [0.1, 0.15) is 0 Å². The fourth-order valence-electron chi connectivity index (χ4n) is 4.55. The molecule has 0 radical (unpaired) electrons. The first kappa shape index (κ1) is 17.7. The normalized spacial score (nSPS) is 19.8. The van der Waals surface area contributed by atoms with Gasteiger partial charge in [0.05, 0.1) is 10.6 Å². The third kappa shape index (κ3) is 2.81. The molecule has 0 atom stereocenters. The van der Waals surface area contributed by atoms with E-state index < -0.39 is 10.0 Å². The van der Waals surface area contributed by atoms with Crippen molar-refractivity contribution in [3.63, 3.8) is 0 Å². The number of nitrogens with zero attached hydrogens (tertiary/aromatic N) is 3. The van der Waals surface area contributed by atoms with E-state index in [2.05, 4.69) is 17.0 Å². The van der Waals surface area contributed by atoms with Gasteiger partial charge in [-0.1, -0.05) is 18.2 Å². The highest BCUT2D eigenvalue weighted by Gasteiger charge is 2.35. The van der Waals surface area contributed by atoms with E-state index in [0.717, 1.165) is 28.9 Å². The monoisotopic (exact) mass is 397 g/mol. The maximum absolute atomic E-state index is 13.3. The van der Waals surface area contributed by atoms with Gasteiger partial charge in [-0.15, -0.1) is 0 Å². The third-order valence-corrected chi connectivity index (χ3v) is 7.90. The highest BCUT2D eigenvalue weighted by molar-refractivity contribution is 7.89. The van der Waals surface area contributed by atoms with Crippen LogP contribution in [0.4, 0.5) is 11.4 Å². The fraction of sp³-hybridized carbons (Fsp3) is 0.381. The Bertz CT molecular complexity index is 1030. The molecular formula is C21H23N3O3S. The standard InChI is InChI=1S/C21H23N3O3S/c25-20-7-6-16-14-19(15-17-8-9-24(20)21(16)17)28(26,27)23-12-10-22(11-13-23)18-4-2-1-3-5-18/h1-5,14-15H,6-13H2. The predicted molar refractivity (Wildman–Crippen MR) is 108 cm³/mol. The Morgan fingerprint density at radius 2 is 1.46 bits per heavy atom. The molecule has 7 heteroatoms. The average Bonchev–Trinajstić information content (AvgIpc) is 3.17. The van der Waals surface area contributed by atoms with Crippen LogP contribution in [0.1, 0.15) is 17.5 Å². The second kappa shape index (κ2) is 6.60. The first-order chi connectivity index (χ1) is 13.5. The average molecular weight is 398 g/mol. The van der Waals surface area contributed by atoms with E-state index in [4.69, 9.17) is 0 Å². The van der Waals surface area contributed by atoms with Crippen molar-refractivity contribution in [1.29, 1.82) is 0 Å². The van der Waals surface area contributed by atoms with E-state index in [-0.39, 0.29) is 5.91 Å². The highest BCUT2D eigenvalue weighted by atomic mass is 32.2. The summed E-state index contributed by atoms with van der Waals surface area (Å²) in [5.74, 6) is 0.152. The van der Waals surface area contributed by atoms with Crippen LogP contribution >= 0.6 is 0 Å². The molecule has 6 nitrogen and oxygen atoms in total. The number of hydrogen-bond acceptors (Lipinski definition) is 4. The molecule has 2 aromatic carbocycles. The quantitative estimate of drug-likeness (QED) is 0.795. The number of piperazine rings is 1. The van der Waals surface area contributed by atoms with Crippen molar-refractivity contribution in [3.05, 3.63) is 53.6 Å². The van der Waals surface area contributed by atoms with Crippen LogP contribution in [0.15, 0.2) is 47.4 Å². The molecule has 0 spiro atoms. The molecule has 0 unspecified atom stereocenters. The van der Waals surface area contributed by atoms with Crippen LogP contribution in [-0.4, -0.2) is 51.4 Å². The van der Waals surface area contributed by atoms with Gasteiger partial charge in [0.15, 0.2) is 0 Å². The van der Waals surface area contributed by atoms with E-state index in [9.17, 15) is 13.2 Å². The molecule has 3 heterocycles. The molecule has 0 bridgehead atoms. The van der Waals surface area contributed by atoms with Gasteiger partial charge in [-0.2, -0.15) is 4.31 Å². The predicted octanol–water partition coefficient (Wildman–Crippen LogP) is 2.03. The number of sulfonamides is 1. The largest absolute Gasteiger partial charge is 0.369 e. The van der Waals surface area contributed by atoms with Gasteiger partial charge in [-0.05, 0) is 48.2 Å². The van der Waals surface area contributed by atoms with Crippen molar-refractivity contribution >= 4 is 27.3 Å². The van der Waals surface area contributed by atoms with Crippen molar-refractivity contribution < 1.29 is 13.2 Å². The molecule has 0 saturated carbocycles. The number of carbonyl (C=O) groups excluding carboxylic acids is 1. The first-order valence-corrected chi connectivity index (χ1v) is 11.2. The maximum Gasteiger partial charge on any atom is 0.243 e. The molecule has 0 N–H and O–H groups in total. The summed E-state index contributed by atoms with van der Waals surface area (Å²) in [5.41, 5.74) is 4.08. The van der Waals surface area contributed by atoms with Crippen molar-refractivity contribution in [1.82, 2.24) is 4.31 Å². The number of anilines is 2. The second-order valence-corrected chi connectivity index (χ2v) is 9.55. The highest BCUT2D eigenvalue weighted by Crippen LogP contribution is 2.39. The molecule has 3 aliphatic heterocycles. The van der Waals surface area contributed by atoms with E-state index in [1.54, 1.807) is 16.4 Å². The van der Waals surface area contributed by atoms with Crippen LogP contribution in [0, 0.1) is 0 Å². The van der Waals surface area contributed by atoms with Gasteiger partial charge in [0.25, 0.3) is 0 Å². The topological polar surface area (TPSA) is 60.9 Å². The zero-order valence-corrected chi connectivity index (χ0v) is 16.5. The minimum Gasteiger partial charge on any atom is -0.369 e. The first-order valence-electron chi connectivity index (χ1n) is 9.80. The summed E-state index contributed by atoms with van der Waals surface area (Å²) >= 11 is 0. The molecule has 2 aromatic rings. The molecular weight excluding hydrogens is 374 g/mol. The number of rotatable bonds is 3. The third-order valence-electron chi connectivity index (χ3n) is 6.02. The zero-order chi connectivity index (χ0) is 19.3. The number of aryl methyl sites for hydroxylation is 1. The molecule has 3 aliphatic rings. The van der Waals surface area contributed by atoms with Gasteiger partial charge in [0.2, 0.25) is 15.9 Å². The Morgan fingerprint density at radius 3 is 2.18 bits per heavy atom. The Kier molecular flexibility index (Phi) is 4.17. The van der Waals surface area contributed by atoms with Crippen LogP contribution in [0.25, 0.3) is 0 Å². The Hall–Kier alpha value is -2.38. The summed E-state index contributed by atoms with van der Waals surface area (Å²) in [4.78, 5) is 16.5. The number of carbonyl (C=O) groups is 1. The van der Waals surface area contributed by atoms with Crippen molar-refractivity contribution in [3.8, 4) is 0 Å². The number of hydrogen-bond donors (Lipinski definition) is 0. The van der Waals surface area contributed by atoms with E-state index >= 15 is 0 Å². The Morgan fingerprint density at radius 1 is 0.786 bits per heavy atom. The van der Waals surface area contributed by atoms with Crippen LogP contribution in [-0.2, 0) is 27.7 Å². The smallest absolute Gasteiger partial charge is 0.243 e. The molecule has 1 saturated heterocycles. The Balaban J connectivity index is 1.39. The summed E-state index contributed by atoms with van der Waals surface area (Å²) in [7, 11) is -3.53. The Labute approximate surface area is 165 Å². The summed E-state index contributed by atoms with van der Waals surface area (Å²) in [6.07, 6.45) is 1.83. The van der Waals surface area contributed by atoms with Gasteiger partial charge in [-0.3, -0.25) is 4.79 Å². The number of amides is 1. The molecule has 146 valence electrons. The summed E-state index contributed by atoms with van der Waals surface area (Å²) in [6, 6.07) is 13.7. The van der Waals surface area contributed by atoms with Gasteiger partial charge < -0.3 is 9.80 Å². The fourth-order valence-corrected chi connectivity index (χ4v) is 6.07. The number of para-hydroxylation sites is 1. The summed E-state index contributed by atoms with van der Waals surface area (Å²) in [5, 5.41) is 0. The zero-order valence-electron chi connectivity index (χ0n) is 15.7. The lowest BCUT2D eigenvalue weighted by Crippen LogP contribution is -2.48. The molecule has 1 fully saturated rings. The van der Waals surface area contributed by atoms with E-state index in [0.29, 0.717) is 50.5 Å². The van der Waals surface area contributed by atoms with Gasteiger partial charge in [-0.25, -0.2) is 8.42 Å². The SMILES string of the molecule is O=C1CCc2cc(S(=O)(=O)N3CCN(c4ccccc4)CC3)cc3c2N1CC3. The lowest BCUT2D eigenvalue weighted by atomic mass is 10.00. The van der Waals surface area contributed by atoms with Crippen LogP contribution < -0.4 is 9.80 Å². The van der Waals surface area contributed by atoms with Gasteiger partial charge in [0, 0.05) is 44.8 Å². The minimum atomic E-state index is -3.53. The van der Waals surface area contributed by atoms with E-state index in [1.165, 1.54) is 0 Å². The van der Waals surface area contributed by atoms with Crippen molar-refractivity contribution in [2.75, 3.05) is 42.5 Å². The molecule has 28 heavy (non-hydrogen) atoms. The summed E-state index contributed by atoms with van der Waals surface area (Å²) < 4.78 is 28.2. The lowest BCUT2D eigenvalue weighted by molar-refractivity contribution is -0.118. The van der Waals surface area contributed by atoms with Crippen molar-refractivity contribution in [2.45, 2.75) is 24.2 Å². The van der Waals surface area contributed by atoms with Crippen molar-refractivity contribution in [2.24, 2.45) is 0 Å². The van der Waals surface area contributed by atoms with Gasteiger partial charge >= 0.3 is 0 Å². The molecule has 0 aromatic heterocycles. The maximum atomic E-state index is 13.3. The molecule has 0 aliphatic carbocycles. The van der Waals surface area contributed by atoms with E-state index in [1.807, 2.05) is 23.1 Å². The van der Waals surface area contributed by atoms with Crippen LogP contribution in [0.2, 0.25) is 0 Å². The molecule has 5 rings (SSSR count).